The van der Waals surface area contributed by atoms with Crippen LogP contribution in [0.5, 0.6) is 11.5 Å². The molecule has 4 rings (SSSR count). The summed E-state index contributed by atoms with van der Waals surface area (Å²) in [6.07, 6.45) is -4.77. The second-order valence-corrected chi connectivity index (χ2v) is 9.81. The van der Waals surface area contributed by atoms with E-state index < -0.39 is 23.8 Å². The number of rotatable bonds is 10. The molecule has 0 aromatic heterocycles. The number of hydrogen-bond acceptors (Lipinski definition) is 4. The van der Waals surface area contributed by atoms with Crippen LogP contribution in [0.15, 0.2) is 66.7 Å². The van der Waals surface area contributed by atoms with Gasteiger partial charge in [-0.3, -0.25) is 0 Å². The van der Waals surface area contributed by atoms with E-state index in [-0.39, 0.29) is 18.6 Å². The van der Waals surface area contributed by atoms with Crippen LogP contribution in [0.3, 0.4) is 0 Å². The van der Waals surface area contributed by atoms with Crippen molar-refractivity contribution in [2.24, 2.45) is 0 Å². The highest BCUT2D eigenvalue weighted by molar-refractivity contribution is 5.77. The maximum absolute atomic E-state index is 12.8. The quantitative estimate of drug-likeness (QED) is 0.320. The molecule has 2 amide bonds. The molecule has 212 valence electrons. The zero-order valence-electron chi connectivity index (χ0n) is 22.4. The number of hydrogen-bond donors (Lipinski definition) is 1. The fourth-order valence-electron chi connectivity index (χ4n) is 4.61. The molecule has 1 aliphatic rings. The highest BCUT2D eigenvalue weighted by atomic mass is 19.4. The van der Waals surface area contributed by atoms with Crippen LogP contribution < -0.4 is 9.47 Å². The van der Waals surface area contributed by atoms with Crippen molar-refractivity contribution < 1.29 is 37.3 Å². The van der Waals surface area contributed by atoms with Crippen molar-refractivity contribution in [2.45, 2.75) is 45.1 Å². The van der Waals surface area contributed by atoms with E-state index in [4.69, 9.17) is 14.6 Å². The fraction of sp³-hybridized carbons (Fsp3) is 0.333. The van der Waals surface area contributed by atoms with Gasteiger partial charge in [-0.2, -0.15) is 13.2 Å². The normalized spacial score (nSPS) is 16.2. The maximum Gasteiger partial charge on any atom is 0.416 e. The molecule has 1 aliphatic heterocycles. The van der Waals surface area contributed by atoms with E-state index in [1.165, 1.54) is 19.1 Å². The summed E-state index contributed by atoms with van der Waals surface area (Å²) in [6, 6.07) is 17.6. The van der Waals surface area contributed by atoms with E-state index in [2.05, 4.69) is 0 Å². The molecule has 7 nitrogen and oxygen atoms in total. The summed E-state index contributed by atoms with van der Waals surface area (Å²) in [5.41, 5.74) is 2.60. The van der Waals surface area contributed by atoms with E-state index in [1.807, 2.05) is 43.3 Å². The molecule has 2 unspecified atom stereocenters. The lowest BCUT2D eigenvalue weighted by atomic mass is 10.00. The number of alkyl halides is 3. The first-order valence-electron chi connectivity index (χ1n) is 12.8. The minimum absolute atomic E-state index is 0.0835. The van der Waals surface area contributed by atoms with Gasteiger partial charge in [0.05, 0.1) is 18.2 Å². The van der Waals surface area contributed by atoms with Crippen LogP contribution in [0.25, 0.3) is 11.1 Å². The van der Waals surface area contributed by atoms with Crippen molar-refractivity contribution in [2.75, 3.05) is 20.2 Å². The zero-order valence-corrected chi connectivity index (χ0v) is 22.4. The molecule has 0 spiro atoms. The van der Waals surface area contributed by atoms with Crippen molar-refractivity contribution >= 4 is 12.0 Å². The smallest absolute Gasteiger partial charge is 0.416 e. The summed E-state index contributed by atoms with van der Waals surface area (Å²) in [5.74, 6) is 0.142. The fourth-order valence-corrected chi connectivity index (χ4v) is 4.61. The lowest BCUT2D eigenvalue weighted by molar-refractivity contribution is -0.144. The van der Waals surface area contributed by atoms with E-state index in [0.717, 1.165) is 28.8 Å². The summed E-state index contributed by atoms with van der Waals surface area (Å²) in [6.45, 7) is 4.43. The number of carbonyl (C=O) groups is 2. The summed E-state index contributed by atoms with van der Waals surface area (Å²) >= 11 is 0. The van der Waals surface area contributed by atoms with Crippen LogP contribution in [0, 0.1) is 6.92 Å². The molecule has 0 aliphatic carbocycles. The highest BCUT2D eigenvalue weighted by Crippen LogP contribution is 2.32. The van der Waals surface area contributed by atoms with Crippen LogP contribution in [0.2, 0.25) is 0 Å². The van der Waals surface area contributed by atoms with Crippen molar-refractivity contribution in [3.63, 3.8) is 0 Å². The van der Waals surface area contributed by atoms with Gasteiger partial charge in [-0.1, -0.05) is 36.4 Å². The van der Waals surface area contributed by atoms with Gasteiger partial charge in [-0.15, -0.1) is 0 Å². The SMILES string of the molecule is Cc1c(OC(C)C(=O)O)cccc1-c1ccc(OCCC2CN(Cc3ccc(C(F)(F)F)cc3)C(=O)N2C)cc1. The van der Waals surface area contributed by atoms with Crippen molar-refractivity contribution in [3.8, 4) is 22.6 Å². The molecule has 1 fully saturated rings. The number of carboxylic acids is 1. The molecule has 0 bridgehead atoms. The minimum atomic E-state index is -4.39. The van der Waals surface area contributed by atoms with Gasteiger partial charge in [0.1, 0.15) is 11.5 Å². The number of ether oxygens (including phenoxy) is 2. The van der Waals surface area contributed by atoms with Gasteiger partial charge >= 0.3 is 18.2 Å². The van der Waals surface area contributed by atoms with Crippen LogP contribution in [0.1, 0.15) is 30.0 Å². The number of carbonyl (C=O) groups excluding carboxylic acids is 1. The predicted octanol–water partition coefficient (Wildman–Crippen LogP) is 6.24. The number of amides is 2. The summed E-state index contributed by atoms with van der Waals surface area (Å²) in [7, 11) is 1.71. The first-order chi connectivity index (χ1) is 18.9. The second-order valence-electron chi connectivity index (χ2n) is 9.81. The van der Waals surface area contributed by atoms with E-state index in [0.29, 0.717) is 36.6 Å². The number of benzene rings is 3. The molecule has 0 radical (unpaired) electrons. The van der Waals surface area contributed by atoms with Gasteiger partial charge in [-0.05, 0) is 66.4 Å². The van der Waals surface area contributed by atoms with Gasteiger partial charge in [0.2, 0.25) is 0 Å². The molecule has 1 saturated heterocycles. The largest absolute Gasteiger partial charge is 0.494 e. The summed E-state index contributed by atoms with van der Waals surface area (Å²) in [4.78, 5) is 27.1. The molecule has 10 heteroatoms. The maximum atomic E-state index is 12.8. The molecule has 2 atom stereocenters. The second kappa shape index (κ2) is 11.9. The Morgan fingerprint density at radius 1 is 1.07 bits per heavy atom. The van der Waals surface area contributed by atoms with Gasteiger partial charge in [0.25, 0.3) is 0 Å². The lowest BCUT2D eigenvalue weighted by Gasteiger charge is -2.18. The number of aliphatic carboxylic acids is 1. The Bertz CT molecular complexity index is 1340. The standard InChI is InChI=1S/C30H31F3N2O5/c1-19-26(5-4-6-27(19)40-20(2)28(36)37)22-9-13-25(14-10-22)39-16-15-24-18-35(29(38)34(24)3)17-21-7-11-23(12-8-21)30(31,32)33/h4-14,20,24H,15-18H2,1-3H3,(H,36,37). The van der Waals surface area contributed by atoms with E-state index >= 15 is 0 Å². The average Bonchev–Trinajstić information content (AvgIpc) is 3.18. The van der Waals surface area contributed by atoms with Gasteiger partial charge < -0.3 is 24.4 Å². The van der Waals surface area contributed by atoms with Crippen molar-refractivity contribution in [1.29, 1.82) is 0 Å². The number of likely N-dealkylation sites (N-methyl/N-ethyl adjacent to an activating group) is 1. The third-order valence-electron chi connectivity index (χ3n) is 7.03. The zero-order chi connectivity index (χ0) is 29.0. The Balaban J connectivity index is 1.31. The monoisotopic (exact) mass is 556 g/mol. The Labute approximate surface area is 230 Å². The number of carboxylic acid groups (broad SMARTS) is 1. The van der Waals surface area contributed by atoms with Crippen LogP contribution in [-0.2, 0) is 17.5 Å². The van der Waals surface area contributed by atoms with Crippen LogP contribution in [0.4, 0.5) is 18.0 Å². The molecule has 1 heterocycles. The molecule has 3 aromatic carbocycles. The third-order valence-corrected chi connectivity index (χ3v) is 7.03. The molecular weight excluding hydrogens is 525 g/mol. The Hall–Kier alpha value is -4.21. The van der Waals surface area contributed by atoms with Gasteiger partial charge in [0.15, 0.2) is 6.10 Å². The van der Waals surface area contributed by atoms with Crippen LogP contribution >= 0.6 is 0 Å². The van der Waals surface area contributed by atoms with Crippen molar-refractivity contribution in [1.82, 2.24) is 9.80 Å². The number of nitrogens with zero attached hydrogens (tertiary/aromatic N) is 2. The van der Waals surface area contributed by atoms with Crippen LogP contribution in [-0.4, -0.2) is 59.3 Å². The Morgan fingerprint density at radius 2 is 1.75 bits per heavy atom. The predicted molar refractivity (Wildman–Crippen MR) is 143 cm³/mol. The first kappa shape index (κ1) is 28.8. The van der Waals surface area contributed by atoms with E-state index in [1.54, 1.807) is 22.9 Å². The number of urea groups is 1. The summed E-state index contributed by atoms with van der Waals surface area (Å²) < 4.78 is 49.9. The highest BCUT2D eigenvalue weighted by Gasteiger charge is 2.35. The third kappa shape index (κ3) is 6.67. The Morgan fingerprint density at radius 3 is 2.38 bits per heavy atom. The molecular formula is C30H31F3N2O5. The molecule has 0 saturated carbocycles. The number of halogens is 3. The minimum Gasteiger partial charge on any atom is -0.494 e. The van der Waals surface area contributed by atoms with Gasteiger partial charge in [-0.25, -0.2) is 9.59 Å². The first-order valence-corrected chi connectivity index (χ1v) is 12.8. The van der Waals surface area contributed by atoms with Gasteiger partial charge in [0, 0.05) is 26.6 Å². The average molecular weight is 557 g/mol. The summed E-state index contributed by atoms with van der Waals surface area (Å²) in [5, 5.41) is 9.13. The molecule has 40 heavy (non-hydrogen) atoms. The molecule has 1 N–H and O–H groups in total. The van der Waals surface area contributed by atoms with E-state index in [9.17, 15) is 22.8 Å². The molecule has 3 aromatic rings. The topological polar surface area (TPSA) is 79.3 Å². The lowest BCUT2D eigenvalue weighted by Crippen LogP contribution is -2.31. The van der Waals surface area contributed by atoms with Crippen molar-refractivity contribution in [3.05, 3.63) is 83.4 Å². The Kier molecular flexibility index (Phi) is 8.56.